The maximum Gasteiger partial charge on any atom is 0.252 e. The predicted molar refractivity (Wildman–Crippen MR) is 96.8 cm³/mol. The van der Waals surface area contributed by atoms with E-state index in [1.165, 1.54) is 11.3 Å². The van der Waals surface area contributed by atoms with Crippen LogP contribution in [0.3, 0.4) is 0 Å². The molecule has 3 nitrogen and oxygen atoms in total. The summed E-state index contributed by atoms with van der Waals surface area (Å²) in [5.41, 5.74) is 1.59. The molecule has 0 spiro atoms. The third-order valence-electron chi connectivity index (χ3n) is 3.56. The van der Waals surface area contributed by atoms with E-state index in [1.807, 2.05) is 29.6 Å². The van der Waals surface area contributed by atoms with Gasteiger partial charge in [-0.05, 0) is 29.1 Å². The second kappa shape index (κ2) is 7.43. The SMILES string of the molecule is O=C(NCc1ccccc1Cl)c1ccccc1C(=O)c1cccs1. The number of benzene rings is 2. The number of amides is 1. The van der Waals surface area contributed by atoms with Crippen molar-refractivity contribution < 1.29 is 9.59 Å². The molecule has 0 saturated carbocycles. The molecule has 2 aromatic carbocycles. The van der Waals surface area contributed by atoms with Gasteiger partial charge in [-0.2, -0.15) is 0 Å². The zero-order valence-electron chi connectivity index (χ0n) is 12.7. The van der Waals surface area contributed by atoms with Crippen LogP contribution in [0.2, 0.25) is 5.02 Å². The van der Waals surface area contributed by atoms with Crippen molar-refractivity contribution in [3.05, 3.63) is 92.6 Å². The van der Waals surface area contributed by atoms with E-state index >= 15 is 0 Å². The smallest absolute Gasteiger partial charge is 0.252 e. The highest BCUT2D eigenvalue weighted by molar-refractivity contribution is 7.12. The van der Waals surface area contributed by atoms with Gasteiger partial charge in [0.1, 0.15) is 0 Å². The minimum Gasteiger partial charge on any atom is -0.348 e. The zero-order valence-corrected chi connectivity index (χ0v) is 14.2. The number of hydrogen-bond donors (Lipinski definition) is 1. The Kier molecular flexibility index (Phi) is 5.08. The standard InChI is InChI=1S/C19H14ClNO2S/c20-16-9-4-1-6-13(16)12-21-19(23)15-8-3-2-7-14(15)18(22)17-10-5-11-24-17/h1-11H,12H2,(H,21,23). The van der Waals surface area contributed by atoms with Gasteiger partial charge < -0.3 is 5.32 Å². The number of hydrogen-bond acceptors (Lipinski definition) is 3. The Morgan fingerprint density at radius 3 is 2.33 bits per heavy atom. The van der Waals surface area contributed by atoms with Crippen LogP contribution in [0.25, 0.3) is 0 Å². The van der Waals surface area contributed by atoms with Crippen LogP contribution in [-0.2, 0) is 6.54 Å². The van der Waals surface area contributed by atoms with Crippen LogP contribution in [0.1, 0.15) is 31.2 Å². The summed E-state index contributed by atoms with van der Waals surface area (Å²) in [6.07, 6.45) is 0. The molecule has 1 amide bonds. The van der Waals surface area contributed by atoms with E-state index in [-0.39, 0.29) is 11.7 Å². The molecule has 1 heterocycles. The van der Waals surface area contributed by atoms with Crippen LogP contribution >= 0.6 is 22.9 Å². The molecule has 0 aliphatic heterocycles. The lowest BCUT2D eigenvalue weighted by molar-refractivity contribution is 0.0940. The number of ketones is 1. The highest BCUT2D eigenvalue weighted by atomic mass is 35.5. The van der Waals surface area contributed by atoms with E-state index in [0.29, 0.717) is 27.6 Å². The fraction of sp³-hybridized carbons (Fsp3) is 0.0526. The van der Waals surface area contributed by atoms with Crippen LogP contribution in [-0.4, -0.2) is 11.7 Å². The molecule has 5 heteroatoms. The molecule has 0 aliphatic rings. The summed E-state index contributed by atoms with van der Waals surface area (Å²) >= 11 is 7.46. The van der Waals surface area contributed by atoms with Crippen molar-refractivity contribution in [2.24, 2.45) is 0 Å². The molecule has 0 aliphatic carbocycles. The first kappa shape index (κ1) is 16.4. The Balaban J connectivity index is 1.81. The molecular weight excluding hydrogens is 342 g/mol. The summed E-state index contributed by atoms with van der Waals surface area (Å²) in [7, 11) is 0. The normalized spacial score (nSPS) is 10.4. The number of halogens is 1. The summed E-state index contributed by atoms with van der Waals surface area (Å²) in [5.74, 6) is -0.441. The summed E-state index contributed by atoms with van der Waals surface area (Å²) in [6, 6.07) is 17.7. The van der Waals surface area contributed by atoms with E-state index in [1.54, 1.807) is 36.4 Å². The minimum atomic E-state index is -0.296. The molecular formula is C19H14ClNO2S. The lowest BCUT2D eigenvalue weighted by Gasteiger charge is -2.10. The van der Waals surface area contributed by atoms with Crippen LogP contribution in [0, 0.1) is 0 Å². The molecule has 1 N–H and O–H groups in total. The van der Waals surface area contributed by atoms with Gasteiger partial charge in [0.25, 0.3) is 5.91 Å². The first-order valence-electron chi connectivity index (χ1n) is 7.35. The van der Waals surface area contributed by atoms with Crippen molar-refractivity contribution in [1.82, 2.24) is 5.32 Å². The average Bonchev–Trinajstić information content (AvgIpc) is 3.15. The molecule has 3 aromatic rings. The van der Waals surface area contributed by atoms with Crippen molar-refractivity contribution >= 4 is 34.6 Å². The van der Waals surface area contributed by atoms with Gasteiger partial charge in [-0.25, -0.2) is 0 Å². The maximum absolute atomic E-state index is 12.6. The van der Waals surface area contributed by atoms with Crippen LogP contribution in [0.4, 0.5) is 0 Å². The number of thiophene rings is 1. The summed E-state index contributed by atoms with van der Waals surface area (Å²) in [5, 5.41) is 5.26. The summed E-state index contributed by atoms with van der Waals surface area (Å²) < 4.78 is 0. The van der Waals surface area contributed by atoms with Crippen molar-refractivity contribution in [2.45, 2.75) is 6.54 Å². The first-order chi connectivity index (χ1) is 11.7. The number of nitrogens with one attached hydrogen (secondary N) is 1. The van der Waals surface area contributed by atoms with Crippen molar-refractivity contribution in [3.63, 3.8) is 0 Å². The molecule has 0 bridgehead atoms. The van der Waals surface area contributed by atoms with E-state index in [2.05, 4.69) is 5.32 Å². The topological polar surface area (TPSA) is 46.2 Å². The predicted octanol–water partition coefficient (Wildman–Crippen LogP) is 4.56. The molecule has 1 aromatic heterocycles. The molecule has 0 radical (unpaired) electrons. The average molecular weight is 356 g/mol. The van der Waals surface area contributed by atoms with Crippen molar-refractivity contribution in [2.75, 3.05) is 0 Å². The van der Waals surface area contributed by atoms with Crippen molar-refractivity contribution in [1.29, 1.82) is 0 Å². The molecule has 0 unspecified atom stereocenters. The fourth-order valence-corrected chi connectivity index (χ4v) is 3.21. The number of carbonyl (C=O) groups excluding carboxylic acids is 2. The first-order valence-corrected chi connectivity index (χ1v) is 8.61. The largest absolute Gasteiger partial charge is 0.348 e. The molecule has 3 rings (SSSR count). The van der Waals surface area contributed by atoms with Crippen LogP contribution in [0.5, 0.6) is 0 Å². The van der Waals surface area contributed by atoms with Gasteiger partial charge in [-0.1, -0.05) is 54.1 Å². The van der Waals surface area contributed by atoms with Gasteiger partial charge in [0.15, 0.2) is 0 Å². The molecule has 0 saturated heterocycles. The number of rotatable bonds is 5. The van der Waals surface area contributed by atoms with E-state index < -0.39 is 0 Å². The van der Waals surface area contributed by atoms with Gasteiger partial charge in [-0.3, -0.25) is 9.59 Å². The van der Waals surface area contributed by atoms with Gasteiger partial charge in [0.05, 0.1) is 10.4 Å². The van der Waals surface area contributed by atoms with E-state index in [9.17, 15) is 9.59 Å². The highest BCUT2D eigenvalue weighted by Gasteiger charge is 2.18. The second-order valence-corrected chi connectivity index (χ2v) is 6.48. The Morgan fingerprint density at radius 2 is 1.62 bits per heavy atom. The maximum atomic E-state index is 12.6. The van der Waals surface area contributed by atoms with Gasteiger partial charge in [0.2, 0.25) is 5.78 Å². The van der Waals surface area contributed by atoms with Gasteiger partial charge >= 0.3 is 0 Å². The molecule has 120 valence electrons. The summed E-state index contributed by atoms with van der Waals surface area (Å²) in [4.78, 5) is 25.7. The molecule has 0 atom stereocenters. The van der Waals surface area contributed by atoms with Crippen LogP contribution < -0.4 is 5.32 Å². The Hall–Kier alpha value is -2.43. The quantitative estimate of drug-likeness (QED) is 0.682. The van der Waals surface area contributed by atoms with E-state index in [4.69, 9.17) is 11.6 Å². The third-order valence-corrected chi connectivity index (χ3v) is 4.80. The minimum absolute atomic E-state index is 0.145. The Labute approximate surface area is 148 Å². The second-order valence-electron chi connectivity index (χ2n) is 5.13. The van der Waals surface area contributed by atoms with E-state index in [0.717, 1.165) is 5.56 Å². The van der Waals surface area contributed by atoms with Gasteiger partial charge in [0, 0.05) is 17.1 Å². The molecule has 0 fully saturated rings. The van der Waals surface area contributed by atoms with Crippen LogP contribution in [0.15, 0.2) is 66.0 Å². The highest BCUT2D eigenvalue weighted by Crippen LogP contribution is 2.19. The number of carbonyl (C=O) groups is 2. The fourth-order valence-electron chi connectivity index (χ4n) is 2.33. The Bertz CT molecular complexity index is 875. The monoisotopic (exact) mass is 355 g/mol. The lowest BCUT2D eigenvalue weighted by Crippen LogP contribution is -2.25. The summed E-state index contributed by atoms with van der Waals surface area (Å²) in [6.45, 7) is 0.306. The van der Waals surface area contributed by atoms with Crippen molar-refractivity contribution in [3.8, 4) is 0 Å². The lowest BCUT2D eigenvalue weighted by atomic mass is 10.0. The van der Waals surface area contributed by atoms with Gasteiger partial charge in [-0.15, -0.1) is 11.3 Å². The molecule has 24 heavy (non-hydrogen) atoms. The zero-order chi connectivity index (χ0) is 16.9. The third kappa shape index (κ3) is 3.55. The Morgan fingerprint density at radius 1 is 0.917 bits per heavy atom.